The highest BCUT2D eigenvalue weighted by Gasteiger charge is 2.39. The van der Waals surface area contributed by atoms with Gasteiger partial charge in [0.25, 0.3) is 0 Å². The van der Waals surface area contributed by atoms with Crippen molar-refractivity contribution in [1.29, 1.82) is 0 Å². The van der Waals surface area contributed by atoms with Gasteiger partial charge in [-0.05, 0) is 42.5 Å². The molecule has 2 aromatic rings. The molecule has 1 aromatic carbocycles. The molecule has 4 rings (SSSR count). The van der Waals surface area contributed by atoms with Gasteiger partial charge in [-0.2, -0.15) is 0 Å². The number of benzene rings is 1. The molecule has 1 aliphatic carbocycles. The summed E-state index contributed by atoms with van der Waals surface area (Å²) in [5.74, 6) is 0.493. The molecule has 122 valence electrons. The maximum atomic E-state index is 12.4. The Morgan fingerprint density at radius 2 is 2.25 bits per heavy atom. The fourth-order valence-electron chi connectivity index (χ4n) is 3.89. The van der Waals surface area contributed by atoms with Crippen LogP contribution >= 0.6 is 0 Å². The van der Waals surface area contributed by atoms with Crippen LogP contribution in [0.15, 0.2) is 54.9 Å². The summed E-state index contributed by atoms with van der Waals surface area (Å²) in [5.41, 5.74) is 3.85. The number of carbonyl (C=O) groups is 1. The molecule has 2 aliphatic rings. The van der Waals surface area contributed by atoms with E-state index >= 15 is 0 Å². The van der Waals surface area contributed by atoms with Crippen molar-refractivity contribution < 1.29 is 9.53 Å². The van der Waals surface area contributed by atoms with Crippen LogP contribution in [0, 0.1) is 5.92 Å². The highest BCUT2D eigenvalue weighted by atomic mass is 16.5. The van der Waals surface area contributed by atoms with E-state index in [1.807, 2.05) is 31.3 Å². The average Bonchev–Trinajstić information content (AvgIpc) is 3.11. The largest absolute Gasteiger partial charge is 0.462 e. The second-order valence-electron chi connectivity index (χ2n) is 6.25. The Morgan fingerprint density at radius 1 is 1.33 bits per heavy atom. The quantitative estimate of drug-likeness (QED) is 0.684. The smallest absolute Gasteiger partial charge is 0.340 e. The van der Waals surface area contributed by atoms with E-state index in [1.54, 1.807) is 6.20 Å². The molecule has 0 unspecified atom stereocenters. The Morgan fingerprint density at radius 3 is 3.04 bits per heavy atom. The molecule has 1 N–H and O–H groups in total. The van der Waals surface area contributed by atoms with Gasteiger partial charge in [0.15, 0.2) is 0 Å². The molecule has 0 saturated heterocycles. The van der Waals surface area contributed by atoms with Gasteiger partial charge in [-0.3, -0.25) is 4.98 Å². The molecule has 0 amide bonds. The first kappa shape index (κ1) is 14.9. The van der Waals surface area contributed by atoms with Gasteiger partial charge in [0, 0.05) is 18.3 Å². The summed E-state index contributed by atoms with van der Waals surface area (Å²) in [7, 11) is 0. The van der Waals surface area contributed by atoms with E-state index in [4.69, 9.17) is 4.74 Å². The zero-order valence-corrected chi connectivity index (χ0v) is 13.6. The molecule has 0 fully saturated rings. The molecule has 1 aliphatic heterocycles. The van der Waals surface area contributed by atoms with Crippen LogP contribution in [0.2, 0.25) is 0 Å². The maximum absolute atomic E-state index is 12.4. The van der Waals surface area contributed by atoms with E-state index in [0.717, 1.165) is 17.7 Å². The molecule has 24 heavy (non-hydrogen) atoms. The van der Waals surface area contributed by atoms with Crippen molar-refractivity contribution in [1.82, 2.24) is 4.98 Å². The van der Waals surface area contributed by atoms with Crippen LogP contribution in [0.25, 0.3) is 0 Å². The van der Waals surface area contributed by atoms with Crippen molar-refractivity contribution in [2.24, 2.45) is 5.92 Å². The number of aromatic nitrogens is 1. The van der Waals surface area contributed by atoms with Crippen LogP contribution in [0.1, 0.15) is 46.8 Å². The number of para-hydroxylation sites is 1. The zero-order valence-electron chi connectivity index (χ0n) is 13.6. The molecule has 2 heterocycles. The van der Waals surface area contributed by atoms with Crippen molar-refractivity contribution in [3.05, 3.63) is 71.6 Å². The topological polar surface area (TPSA) is 51.2 Å². The van der Waals surface area contributed by atoms with E-state index < -0.39 is 0 Å². The molecule has 0 bridgehead atoms. The number of allylic oxidation sites excluding steroid dienone is 2. The lowest BCUT2D eigenvalue weighted by molar-refractivity contribution is 0.0527. The number of nitrogens with zero attached hydrogens (tertiary/aromatic N) is 1. The summed E-state index contributed by atoms with van der Waals surface area (Å²) in [4.78, 5) is 16.6. The van der Waals surface area contributed by atoms with Gasteiger partial charge in [-0.25, -0.2) is 4.79 Å². The lowest BCUT2D eigenvalue weighted by Crippen LogP contribution is -2.30. The van der Waals surface area contributed by atoms with Crippen molar-refractivity contribution in [2.75, 3.05) is 11.9 Å². The van der Waals surface area contributed by atoms with Crippen LogP contribution in [0.5, 0.6) is 0 Å². The number of hydrogen-bond acceptors (Lipinski definition) is 4. The highest BCUT2D eigenvalue weighted by Crippen LogP contribution is 2.50. The summed E-state index contributed by atoms with van der Waals surface area (Å²) >= 11 is 0. The minimum atomic E-state index is -0.271. The zero-order chi connectivity index (χ0) is 16.5. The van der Waals surface area contributed by atoms with E-state index in [1.165, 1.54) is 5.56 Å². The van der Waals surface area contributed by atoms with E-state index in [9.17, 15) is 4.79 Å². The molecule has 0 spiro atoms. The SMILES string of the molecule is CCOC(=O)c1cccc2c1N[C@@H](c1cccnc1)[C@H]1CC=C[C@@H]21. The summed E-state index contributed by atoms with van der Waals surface area (Å²) in [6.07, 6.45) is 9.23. The average molecular weight is 320 g/mol. The van der Waals surface area contributed by atoms with Crippen LogP contribution in [-0.4, -0.2) is 17.6 Å². The minimum Gasteiger partial charge on any atom is -0.462 e. The number of pyridine rings is 1. The Labute approximate surface area is 141 Å². The molecule has 3 atom stereocenters. The predicted octanol–water partition coefficient (Wildman–Crippen LogP) is 4.08. The molecular formula is C20H20N2O2. The maximum Gasteiger partial charge on any atom is 0.340 e. The van der Waals surface area contributed by atoms with Crippen LogP contribution < -0.4 is 5.32 Å². The Balaban J connectivity index is 1.80. The second-order valence-corrected chi connectivity index (χ2v) is 6.25. The lowest BCUT2D eigenvalue weighted by atomic mass is 9.76. The molecular weight excluding hydrogens is 300 g/mol. The van der Waals surface area contributed by atoms with E-state index in [-0.39, 0.29) is 12.0 Å². The summed E-state index contributed by atoms with van der Waals surface area (Å²) < 4.78 is 5.24. The number of hydrogen-bond donors (Lipinski definition) is 1. The number of anilines is 1. The van der Waals surface area contributed by atoms with Gasteiger partial charge in [0.2, 0.25) is 0 Å². The lowest BCUT2D eigenvalue weighted by Gasteiger charge is -2.38. The van der Waals surface area contributed by atoms with Gasteiger partial charge in [-0.1, -0.05) is 30.4 Å². The van der Waals surface area contributed by atoms with Gasteiger partial charge >= 0.3 is 5.97 Å². The first-order valence-electron chi connectivity index (χ1n) is 8.42. The first-order chi connectivity index (χ1) is 11.8. The molecule has 1 aromatic heterocycles. The van der Waals surface area contributed by atoms with Gasteiger partial charge in [-0.15, -0.1) is 0 Å². The van der Waals surface area contributed by atoms with Gasteiger partial charge in [0.05, 0.1) is 23.9 Å². The fraction of sp³-hybridized carbons (Fsp3) is 0.300. The number of rotatable bonds is 3. The van der Waals surface area contributed by atoms with Crippen molar-refractivity contribution in [3.63, 3.8) is 0 Å². The third-order valence-corrected chi connectivity index (χ3v) is 4.94. The Kier molecular flexibility index (Phi) is 3.81. The highest BCUT2D eigenvalue weighted by molar-refractivity contribution is 5.97. The van der Waals surface area contributed by atoms with Crippen LogP contribution in [0.3, 0.4) is 0 Å². The predicted molar refractivity (Wildman–Crippen MR) is 93.0 cm³/mol. The van der Waals surface area contributed by atoms with E-state index in [0.29, 0.717) is 24.0 Å². The molecule has 0 saturated carbocycles. The monoisotopic (exact) mass is 320 g/mol. The number of carbonyl (C=O) groups excluding carboxylic acids is 1. The Bertz CT molecular complexity index is 785. The normalized spacial score (nSPS) is 24.0. The van der Waals surface area contributed by atoms with Crippen molar-refractivity contribution >= 4 is 11.7 Å². The fourth-order valence-corrected chi connectivity index (χ4v) is 3.89. The summed E-state index contributed by atoms with van der Waals surface area (Å²) in [6, 6.07) is 10.1. The molecule has 0 radical (unpaired) electrons. The number of esters is 1. The van der Waals surface area contributed by atoms with Crippen molar-refractivity contribution in [2.45, 2.75) is 25.3 Å². The summed E-state index contributed by atoms with van der Waals surface area (Å²) in [6.45, 7) is 2.20. The molecule has 4 nitrogen and oxygen atoms in total. The third kappa shape index (κ3) is 2.39. The summed E-state index contributed by atoms with van der Waals surface area (Å²) in [5, 5.41) is 3.61. The van der Waals surface area contributed by atoms with Crippen molar-refractivity contribution in [3.8, 4) is 0 Å². The third-order valence-electron chi connectivity index (χ3n) is 4.94. The number of nitrogens with one attached hydrogen (secondary N) is 1. The first-order valence-corrected chi connectivity index (χ1v) is 8.42. The minimum absolute atomic E-state index is 0.141. The van der Waals surface area contributed by atoms with Crippen LogP contribution in [0.4, 0.5) is 5.69 Å². The number of fused-ring (bicyclic) bond motifs is 3. The molecule has 4 heteroatoms. The van der Waals surface area contributed by atoms with Gasteiger partial charge < -0.3 is 10.1 Å². The van der Waals surface area contributed by atoms with E-state index in [2.05, 4.69) is 34.6 Å². The van der Waals surface area contributed by atoms with Gasteiger partial charge in [0.1, 0.15) is 0 Å². The second kappa shape index (κ2) is 6.11. The number of ether oxygens (including phenoxy) is 1. The van der Waals surface area contributed by atoms with Crippen LogP contribution in [-0.2, 0) is 4.74 Å². The Hall–Kier alpha value is -2.62. The standard InChI is InChI=1S/C20H20N2O2/c1-2-24-20(23)17-10-4-9-16-14-7-3-8-15(14)18(22-19(16)17)13-6-5-11-21-12-13/h3-7,9-12,14-15,18,22H,2,8H2,1H3/t14-,15+,18+/m1/s1.